The molecule has 0 aliphatic heterocycles. The summed E-state index contributed by atoms with van der Waals surface area (Å²) in [5.41, 5.74) is 13.7. The van der Waals surface area contributed by atoms with Crippen molar-refractivity contribution in [3.05, 3.63) is 59.7 Å². The minimum atomic E-state index is -4.67. The van der Waals surface area contributed by atoms with E-state index in [0.29, 0.717) is 22.5 Å². The molecule has 0 radical (unpaired) electrons. The predicted octanol–water partition coefficient (Wildman–Crippen LogP) is 1.43. The van der Waals surface area contributed by atoms with Gasteiger partial charge in [0.1, 0.15) is 0 Å². The summed E-state index contributed by atoms with van der Waals surface area (Å²) in [6.07, 6.45) is 0. The highest BCUT2D eigenvalue weighted by molar-refractivity contribution is 7.79. The Morgan fingerprint density at radius 3 is 1.24 bits per heavy atom. The Morgan fingerprint density at radius 1 is 0.762 bits per heavy atom. The number of benzene rings is 2. The lowest BCUT2D eigenvalue weighted by molar-refractivity contribution is 0.103. The van der Waals surface area contributed by atoms with Crippen LogP contribution in [0.2, 0.25) is 0 Å². The van der Waals surface area contributed by atoms with Gasteiger partial charge in [0, 0.05) is 22.5 Å². The maximum atomic E-state index is 12.0. The van der Waals surface area contributed by atoms with E-state index in [1.165, 1.54) is 0 Å². The van der Waals surface area contributed by atoms with Crippen LogP contribution in [0.3, 0.4) is 0 Å². The second kappa shape index (κ2) is 6.84. The Hall–Kier alpha value is -2.42. The molecule has 0 spiro atoms. The minimum absolute atomic E-state index is 0.0278. The van der Waals surface area contributed by atoms with Crippen molar-refractivity contribution in [3.63, 3.8) is 0 Å². The van der Waals surface area contributed by atoms with Crippen LogP contribution in [-0.4, -0.2) is 23.3 Å². The number of hydrogen-bond acceptors (Lipinski definition) is 5. The van der Waals surface area contributed by atoms with E-state index in [2.05, 4.69) is 0 Å². The molecule has 21 heavy (non-hydrogen) atoms. The summed E-state index contributed by atoms with van der Waals surface area (Å²) in [6.45, 7) is 0. The standard InChI is InChI=1S/C13H12N2O.H2O4S/c14-11-5-1-9(2-6-11)13(16)10-3-7-12(15)8-4-10;1-5(2,3)4/h1-8H,14-15H2;(H2,1,2,3,4). The quantitative estimate of drug-likeness (QED) is 0.373. The molecule has 0 unspecified atom stereocenters. The van der Waals surface area contributed by atoms with Crippen molar-refractivity contribution in [1.82, 2.24) is 0 Å². The Bertz CT molecular complexity index is 654. The predicted molar refractivity (Wildman–Crippen MR) is 79.3 cm³/mol. The van der Waals surface area contributed by atoms with E-state index < -0.39 is 10.4 Å². The van der Waals surface area contributed by atoms with Crippen molar-refractivity contribution < 1.29 is 22.3 Å². The average Bonchev–Trinajstić information content (AvgIpc) is 2.38. The third kappa shape index (κ3) is 6.52. The van der Waals surface area contributed by atoms with Crippen LogP contribution in [0.5, 0.6) is 0 Å². The summed E-state index contributed by atoms with van der Waals surface area (Å²) in [5.74, 6) is -0.0278. The lowest BCUT2D eigenvalue weighted by Gasteiger charge is -2.02. The first-order valence-corrected chi connectivity index (χ1v) is 7.02. The number of hydrogen-bond donors (Lipinski definition) is 4. The molecular weight excluding hydrogens is 296 g/mol. The molecule has 0 amide bonds. The monoisotopic (exact) mass is 310 g/mol. The highest BCUT2D eigenvalue weighted by Gasteiger charge is 2.07. The number of nitrogen functional groups attached to an aromatic ring is 2. The van der Waals surface area contributed by atoms with Crippen LogP contribution in [0.1, 0.15) is 15.9 Å². The lowest BCUT2D eigenvalue weighted by Crippen LogP contribution is -2.01. The molecule has 0 saturated heterocycles. The molecule has 0 aliphatic carbocycles. The Labute approximate surface area is 121 Å². The van der Waals surface area contributed by atoms with E-state index >= 15 is 0 Å². The van der Waals surface area contributed by atoms with Gasteiger partial charge in [0.15, 0.2) is 5.78 Å². The molecule has 2 aromatic carbocycles. The molecule has 7 nitrogen and oxygen atoms in total. The number of carbonyl (C=O) groups excluding carboxylic acids is 1. The maximum absolute atomic E-state index is 12.0. The molecule has 0 heterocycles. The summed E-state index contributed by atoms with van der Waals surface area (Å²) in [6, 6.07) is 13.7. The van der Waals surface area contributed by atoms with Gasteiger partial charge in [-0.15, -0.1) is 0 Å². The lowest BCUT2D eigenvalue weighted by atomic mass is 10.0. The SMILES string of the molecule is Nc1ccc(C(=O)c2ccc(N)cc2)cc1.O=S(=O)(O)O. The molecule has 0 fully saturated rings. The maximum Gasteiger partial charge on any atom is 0.394 e. The van der Waals surface area contributed by atoms with Gasteiger partial charge < -0.3 is 11.5 Å². The summed E-state index contributed by atoms with van der Waals surface area (Å²) in [5, 5.41) is 0. The van der Waals surface area contributed by atoms with Gasteiger partial charge in [0.25, 0.3) is 0 Å². The van der Waals surface area contributed by atoms with Crippen LogP contribution in [0.4, 0.5) is 11.4 Å². The number of rotatable bonds is 2. The van der Waals surface area contributed by atoms with Gasteiger partial charge >= 0.3 is 10.4 Å². The topological polar surface area (TPSA) is 144 Å². The van der Waals surface area contributed by atoms with Gasteiger partial charge in [-0.3, -0.25) is 13.9 Å². The van der Waals surface area contributed by atoms with Gasteiger partial charge in [0.05, 0.1) is 0 Å². The number of anilines is 2. The fraction of sp³-hybridized carbons (Fsp3) is 0. The van der Waals surface area contributed by atoms with Gasteiger partial charge in [-0.05, 0) is 48.5 Å². The zero-order chi connectivity index (χ0) is 16.0. The van der Waals surface area contributed by atoms with E-state index in [0.717, 1.165) is 0 Å². The highest BCUT2D eigenvalue weighted by atomic mass is 32.3. The van der Waals surface area contributed by atoms with E-state index in [1.807, 2.05) is 0 Å². The minimum Gasteiger partial charge on any atom is -0.399 e. The second-order valence-electron chi connectivity index (χ2n) is 4.02. The zero-order valence-electron chi connectivity index (χ0n) is 10.8. The first kappa shape index (κ1) is 16.6. The smallest absolute Gasteiger partial charge is 0.394 e. The van der Waals surface area contributed by atoms with E-state index in [4.69, 9.17) is 29.0 Å². The summed E-state index contributed by atoms with van der Waals surface area (Å²) < 4.78 is 31.6. The number of ketones is 1. The molecule has 112 valence electrons. The first-order valence-electron chi connectivity index (χ1n) is 5.62. The van der Waals surface area contributed by atoms with E-state index in [9.17, 15) is 4.79 Å². The first-order chi connectivity index (χ1) is 9.66. The molecule has 0 aromatic heterocycles. The fourth-order valence-electron chi connectivity index (χ4n) is 1.44. The molecule has 8 heteroatoms. The van der Waals surface area contributed by atoms with Gasteiger partial charge in [-0.25, -0.2) is 0 Å². The summed E-state index contributed by atoms with van der Waals surface area (Å²) in [7, 11) is -4.67. The normalized spacial score (nSPS) is 10.4. The van der Waals surface area contributed by atoms with Crippen molar-refractivity contribution in [2.45, 2.75) is 0 Å². The third-order valence-electron chi connectivity index (χ3n) is 2.35. The fourth-order valence-corrected chi connectivity index (χ4v) is 1.44. The Kier molecular flexibility index (Phi) is 5.42. The zero-order valence-corrected chi connectivity index (χ0v) is 11.6. The largest absolute Gasteiger partial charge is 0.399 e. The molecule has 0 aliphatic rings. The Morgan fingerprint density at radius 2 is 1.00 bits per heavy atom. The van der Waals surface area contributed by atoms with Crippen LogP contribution in [-0.2, 0) is 10.4 Å². The molecule has 2 rings (SSSR count). The van der Waals surface area contributed by atoms with Crippen molar-refractivity contribution in [1.29, 1.82) is 0 Å². The molecule has 0 bridgehead atoms. The van der Waals surface area contributed by atoms with Crippen LogP contribution in [0, 0.1) is 0 Å². The molecule has 2 aromatic rings. The number of carbonyl (C=O) groups is 1. The van der Waals surface area contributed by atoms with Crippen molar-refractivity contribution in [3.8, 4) is 0 Å². The number of nitrogens with two attached hydrogens (primary N) is 2. The molecule has 0 atom stereocenters. The second-order valence-corrected chi connectivity index (χ2v) is 4.92. The molecule has 0 saturated carbocycles. The van der Waals surface area contributed by atoms with Crippen molar-refractivity contribution in [2.24, 2.45) is 0 Å². The van der Waals surface area contributed by atoms with Gasteiger partial charge in [0.2, 0.25) is 0 Å². The van der Waals surface area contributed by atoms with Crippen LogP contribution in [0.25, 0.3) is 0 Å². The highest BCUT2D eigenvalue weighted by Crippen LogP contribution is 2.13. The summed E-state index contributed by atoms with van der Waals surface area (Å²) >= 11 is 0. The van der Waals surface area contributed by atoms with Crippen LogP contribution < -0.4 is 11.5 Å². The van der Waals surface area contributed by atoms with Gasteiger partial charge in [-0.1, -0.05) is 0 Å². The van der Waals surface area contributed by atoms with Crippen LogP contribution >= 0.6 is 0 Å². The molecular formula is C13H14N2O5S. The van der Waals surface area contributed by atoms with E-state index in [-0.39, 0.29) is 5.78 Å². The third-order valence-corrected chi connectivity index (χ3v) is 2.35. The Balaban J connectivity index is 0.000000383. The van der Waals surface area contributed by atoms with Crippen LogP contribution in [0.15, 0.2) is 48.5 Å². The van der Waals surface area contributed by atoms with Crippen molar-refractivity contribution in [2.75, 3.05) is 11.5 Å². The van der Waals surface area contributed by atoms with E-state index in [1.54, 1.807) is 48.5 Å². The van der Waals surface area contributed by atoms with Gasteiger partial charge in [-0.2, -0.15) is 8.42 Å². The van der Waals surface area contributed by atoms with Crippen molar-refractivity contribution >= 4 is 27.6 Å². The molecule has 6 N–H and O–H groups in total. The summed E-state index contributed by atoms with van der Waals surface area (Å²) in [4.78, 5) is 12.0. The average molecular weight is 310 g/mol.